The number of alkyl halides is 1. The summed E-state index contributed by atoms with van der Waals surface area (Å²) in [6, 6.07) is 2.38. The Morgan fingerprint density at radius 2 is 2.00 bits per heavy atom. The third kappa shape index (κ3) is 2.48. The van der Waals surface area contributed by atoms with E-state index in [4.69, 9.17) is 16.6 Å². The zero-order valence-corrected chi connectivity index (χ0v) is 13.1. The number of fused-ring (bicyclic) bond motifs is 1. The Morgan fingerprint density at radius 1 is 1.32 bits per heavy atom. The number of hydrogen-bond donors (Lipinski definition) is 0. The standard InChI is InChI=1S/C15H22ClN3/c1-6-12(9(2)3)19-14(11(5)16)18-13-10(4)7-8-17-15(13)19/h7-9,11-12H,6H2,1-5H3. The molecular formula is C15H22ClN3. The van der Waals surface area contributed by atoms with E-state index >= 15 is 0 Å². The molecule has 19 heavy (non-hydrogen) atoms. The minimum Gasteiger partial charge on any atom is -0.308 e. The highest BCUT2D eigenvalue weighted by atomic mass is 35.5. The summed E-state index contributed by atoms with van der Waals surface area (Å²) in [7, 11) is 0. The van der Waals surface area contributed by atoms with Crippen LogP contribution < -0.4 is 0 Å². The van der Waals surface area contributed by atoms with Crippen molar-refractivity contribution in [1.29, 1.82) is 0 Å². The Kier molecular flexibility index (Phi) is 4.14. The maximum Gasteiger partial charge on any atom is 0.160 e. The van der Waals surface area contributed by atoms with Gasteiger partial charge in [0.2, 0.25) is 0 Å². The van der Waals surface area contributed by atoms with Gasteiger partial charge >= 0.3 is 0 Å². The van der Waals surface area contributed by atoms with Gasteiger partial charge in [0.25, 0.3) is 0 Å². The molecular weight excluding hydrogens is 258 g/mol. The van der Waals surface area contributed by atoms with Crippen LogP contribution in [-0.2, 0) is 0 Å². The first-order valence-corrected chi connectivity index (χ1v) is 7.38. The van der Waals surface area contributed by atoms with Crippen LogP contribution in [0.3, 0.4) is 0 Å². The lowest BCUT2D eigenvalue weighted by molar-refractivity contribution is 0.362. The first-order valence-electron chi connectivity index (χ1n) is 6.94. The molecule has 2 rings (SSSR count). The molecule has 2 heterocycles. The van der Waals surface area contributed by atoms with Gasteiger partial charge in [0.05, 0.1) is 5.38 Å². The SMILES string of the molecule is CCC(C(C)C)n1c(C(C)Cl)nc2c(C)ccnc21. The molecule has 0 radical (unpaired) electrons. The summed E-state index contributed by atoms with van der Waals surface area (Å²) in [4.78, 5) is 9.27. The van der Waals surface area contributed by atoms with Gasteiger partial charge in [-0.2, -0.15) is 0 Å². The fourth-order valence-corrected chi connectivity index (χ4v) is 2.84. The average molecular weight is 280 g/mol. The molecule has 2 aromatic heterocycles. The quantitative estimate of drug-likeness (QED) is 0.763. The number of rotatable bonds is 4. The molecule has 104 valence electrons. The largest absolute Gasteiger partial charge is 0.308 e. The maximum absolute atomic E-state index is 6.33. The van der Waals surface area contributed by atoms with E-state index in [0.29, 0.717) is 12.0 Å². The second-order valence-corrected chi connectivity index (χ2v) is 6.13. The van der Waals surface area contributed by atoms with Gasteiger partial charge in [-0.1, -0.05) is 20.8 Å². The summed E-state index contributed by atoms with van der Waals surface area (Å²) in [6.07, 6.45) is 2.90. The van der Waals surface area contributed by atoms with E-state index in [1.54, 1.807) is 0 Å². The second kappa shape index (κ2) is 5.49. The third-order valence-electron chi connectivity index (χ3n) is 3.68. The average Bonchev–Trinajstić information content (AvgIpc) is 2.71. The van der Waals surface area contributed by atoms with Crippen LogP contribution in [0.15, 0.2) is 12.3 Å². The molecule has 0 aliphatic rings. The lowest BCUT2D eigenvalue weighted by Gasteiger charge is -2.24. The number of aryl methyl sites for hydroxylation is 1. The molecule has 0 aliphatic carbocycles. The molecule has 2 atom stereocenters. The number of aromatic nitrogens is 3. The highest BCUT2D eigenvalue weighted by Crippen LogP contribution is 2.32. The van der Waals surface area contributed by atoms with Crippen LogP contribution in [0.4, 0.5) is 0 Å². The minimum atomic E-state index is -0.110. The van der Waals surface area contributed by atoms with E-state index < -0.39 is 0 Å². The molecule has 0 bridgehead atoms. The summed E-state index contributed by atoms with van der Waals surface area (Å²) in [5.41, 5.74) is 3.09. The molecule has 0 spiro atoms. The van der Waals surface area contributed by atoms with E-state index in [0.717, 1.165) is 29.0 Å². The van der Waals surface area contributed by atoms with E-state index in [2.05, 4.69) is 37.2 Å². The lowest BCUT2D eigenvalue weighted by atomic mass is 10.0. The van der Waals surface area contributed by atoms with Crippen LogP contribution >= 0.6 is 11.6 Å². The molecule has 0 aliphatic heterocycles. The number of nitrogens with zero attached hydrogens (tertiary/aromatic N) is 3. The predicted octanol–water partition coefficient (Wildman–Crippen LogP) is 4.65. The minimum absolute atomic E-state index is 0.110. The van der Waals surface area contributed by atoms with E-state index in [-0.39, 0.29) is 5.38 Å². The predicted molar refractivity (Wildman–Crippen MR) is 80.7 cm³/mol. The Balaban J connectivity index is 2.75. The topological polar surface area (TPSA) is 30.7 Å². The van der Waals surface area contributed by atoms with Gasteiger partial charge in [0, 0.05) is 12.2 Å². The van der Waals surface area contributed by atoms with Crippen molar-refractivity contribution in [3.63, 3.8) is 0 Å². The molecule has 2 aromatic rings. The zero-order chi connectivity index (χ0) is 14.2. The molecule has 0 N–H and O–H groups in total. The Hall–Kier alpha value is -1.09. The van der Waals surface area contributed by atoms with Crippen molar-refractivity contribution in [2.75, 3.05) is 0 Å². The number of imidazole rings is 1. The number of pyridine rings is 1. The molecule has 3 nitrogen and oxygen atoms in total. The van der Waals surface area contributed by atoms with E-state index in [1.165, 1.54) is 0 Å². The van der Waals surface area contributed by atoms with Crippen molar-refractivity contribution in [1.82, 2.24) is 14.5 Å². The van der Waals surface area contributed by atoms with Crippen LogP contribution in [0.5, 0.6) is 0 Å². The lowest BCUT2D eigenvalue weighted by Crippen LogP contribution is -2.17. The second-order valence-electron chi connectivity index (χ2n) is 5.48. The van der Waals surface area contributed by atoms with Gasteiger partial charge in [0.1, 0.15) is 11.3 Å². The van der Waals surface area contributed by atoms with Gasteiger partial charge in [0.15, 0.2) is 5.65 Å². The van der Waals surface area contributed by atoms with Crippen LogP contribution in [0.2, 0.25) is 0 Å². The number of halogens is 1. The fourth-order valence-electron chi connectivity index (χ4n) is 2.69. The van der Waals surface area contributed by atoms with Crippen molar-refractivity contribution in [2.45, 2.75) is 52.5 Å². The Morgan fingerprint density at radius 3 is 2.53 bits per heavy atom. The molecule has 2 unspecified atom stereocenters. The van der Waals surface area contributed by atoms with Gasteiger partial charge < -0.3 is 4.57 Å². The first kappa shape index (κ1) is 14.3. The van der Waals surface area contributed by atoms with Gasteiger partial charge in [-0.15, -0.1) is 11.6 Å². The maximum atomic E-state index is 6.33. The van der Waals surface area contributed by atoms with Gasteiger partial charge in [-0.25, -0.2) is 9.97 Å². The van der Waals surface area contributed by atoms with Crippen molar-refractivity contribution in [3.8, 4) is 0 Å². The molecule has 0 fully saturated rings. The van der Waals surface area contributed by atoms with Gasteiger partial charge in [-0.05, 0) is 37.8 Å². The fraction of sp³-hybridized carbons (Fsp3) is 0.600. The summed E-state index contributed by atoms with van der Waals surface area (Å²) in [6.45, 7) is 10.7. The smallest absolute Gasteiger partial charge is 0.160 e. The monoisotopic (exact) mass is 279 g/mol. The van der Waals surface area contributed by atoms with Crippen LogP contribution in [0.25, 0.3) is 11.2 Å². The van der Waals surface area contributed by atoms with Crippen LogP contribution in [-0.4, -0.2) is 14.5 Å². The molecule has 4 heteroatoms. The van der Waals surface area contributed by atoms with Crippen LogP contribution in [0, 0.1) is 12.8 Å². The first-order chi connectivity index (χ1) is 8.97. The Labute approximate surface area is 120 Å². The van der Waals surface area contributed by atoms with Gasteiger partial charge in [-0.3, -0.25) is 0 Å². The summed E-state index contributed by atoms with van der Waals surface area (Å²) < 4.78 is 2.24. The molecule has 0 amide bonds. The molecule has 0 saturated heterocycles. The van der Waals surface area contributed by atoms with Crippen molar-refractivity contribution in [3.05, 3.63) is 23.7 Å². The summed E-state index contributed by atoms with van der Waals surface area (Å²) in [5, 5.41) is -0.110. The summed E-state index contributed by atoms with van der Waals surface area (Å²) in [5.74, 6) is 1.46. The third-order valence-corrected chi connectivity index (χ3v) is 3.88. The Bertz CT molecular complexity index is 572. The molecule has 0 saturated carbocycles. The normalized spacial score (nSPS) is 15.1. The molecule has 0 aromatic carbocycles. The highest BCUT2D eigenvalue weighted by Gasteiger charge is 2.24. The van der Waals surface area contributed by atoms with Crippen molar-refractivity contribution >= 4 is 22.8 Å². The highest BCUT2D eigenvalue weighted by molar-refractivity contribution is 6.20. The zero-order valence-electron chi connectivity index (χ0n) is 12.3. The van der Waals surface area contributed by atoms with Crippen molar-refractivity contribution < 1.29 is 0 Å². The van der Waals surface area contributed by atoms with E-state index in [9.17, 15) is 0 Å². The number of hydrogen-bond acceptors (Lipinski definition) is 2. The summed E-state index contributed by atoms with van der Waals surface area (Å²) >= 11 is 6.33. The van der Waals surface area contributed by atoms with Crippen LogP contribution in [0.1, 0.15) is 56.9 Å². The van der Waals surface area contributed by atoms with Crippen molar-refractivity contribution in [2.24, 2.45) is 5.92 Å². The van der Waals surface area contributed by atoms with E-state index in [1.807, 2.05) is 19.2 Å².